The molecule has 0 aromatic carbocycles. The molecule has 2 fully saturated rings. The van der Waals surface area contributed by atoms with E-state index in [2.05, 4.69) is 5.32 Å². The smallest absolute Gasteiger partial charge is 0.225 e. The van der Waals surface area contributed by atoms with Crippen molar-refractivity contribution in [3.63, 3.8) is 0 Å². The van der Waals surface area contributed by atoms with Gasteiger partial charge in [0.05, 0.1) is 12.0 Å². The van der Waals surface area contributed by atoms with Crippen molar-refractivity contribution in [2.75, 3.05) is 19.6 Å². The minimum Gasteiger partial charge on any atom is -0.391 e. The Hall–Kier alpha value is -1.10. The molecule has 2 amide bonds. The van der Waals surface area contributed by atoms with E-state index in [4.69, 9.17) is 0 Å². The highest BCUT2D eigenvalue weighted by Gasteiger charge is 2.37. The Bertz CT molecular complexity index is 366. The first-order valence-corrected chi connectivity index (χ1v) is 7.69. The van der Waals surface area contributed by atoms with Gasteiger partial charge in [-0.1, -0.05) is 13.8 Å². The number of aliphatic hydroxyl groups excluding tert-OH is 1. The fourth-order valence-corrected chi connectivity index (χ4v) is 2.73. The third-order valence-corrected chi connectivity index (χ3v) is 4.02. The summed E-state index contributed by atoms with van der Waals surface area (Å²) in [5.41, 5.74) is 0. The lowest BCUT2D eigenvalue weighted by molar-refractivity contribution is -0.129. The predicted octanol–water partition coefficient (Wildman–Crippen LogP) is 0.768. The van der Waals surface area contributed by atoms with Crippen LogP contribution in [0.2, 0.25) is 0 Å². The zero-order valence-electron chi connectivity index (χ0n) is 12.5. The van der Waals surface area contributed by atoms with Crippen LogP contribution >= 0.6 is 0 Å². The lowest BCUT2D eigenvalue weighted by Crippen LogP contribution is -2.38. The van der Waals surface area contributed by atoms with Crippen molar-refractivity contribution in [3.05, 3.63) is 0 Å². The molecule has 1 aliphatic carbocycles. The molecule has 0 aromatic heterocycles. The first kappa shape index (κ1) is 15.3. The number of amides is 2. The fraction of sp³-hybridized carbons (Fsp3) is 0.867. The summed E-state index contributed by atoms with van der Waals surface area (Å²) in [6.07, 6.45) is 2.92. The highest BCUT2D eigenvalue weighted by Crippen LogP contribution is 2.31. The summed E-state index contributed by atoms with van der Waals surface area (Å²) in [5, 5.41) is 12.5. The summed E-state index contributed by atoms with van der Waals surface area (Å²) in [7, 11) is 0. The van der Waals surface area contributed by atoms with E-state index in [1.54, 1.807) is 0 Å². The number of nitrogens with zero attached hydrogens (tertiary/aromatic N) is 1. The van der Waals surface area contributed by atoms with E-state index in [-0.39, 0.29) is 24.3 Å². The van der Waals surface area contributed by atoms with E-state index in [1.165, 1.54) is 12.8 Å². The third-order valence-electron chi connectivity index (χ3n) is 4.02. The topological polar surface area (TPSA) is 69.6 Å². The number of hydrogen-bond donors (Lipinski definition) is 2. The summed E-state index contributed by atoms with van der Waals surface area (Å²) in [5.74, 6) is 0.823. The maximum absolute atomic E-state index is 12.0. The van der Waals surface area contributed by atoms with Gasteiger partial charge >= 0.3 is 0 Å². The van der Waals surface area contributed by atoms with Gasteiger partial charge in [-0.3, -0.25) is 9.59 Å². The van der Waals surface area contributed by atoms with Gasteiger partial charge in [-0.25, -0.2) is 0 Å². The van der Waals surface area contributed by atoms with Gasteiger partial charge in [-0.2, -0.15) is 0 Å². The van der Waals surface area contributed by atoms with E-state index in [0.29, 0.717) is 31.2 Å². The molecule has 1 saturated carbocycles. The second kappa shape index (κ2) is 6.57. The molecule has 20 heavy (non-hydrogen) atoms. The second-order valence-electron chi connectivity index (χ2n) is 6.67. The van der Waals surface area contributed by atoms with Gasteiger partial charge in [0.2, 0.25) is 11.8 Å². The van der Waals surface area contributed by atoms with Crippen molar-refractivity contribution < 1.29 is 14.7 Å². The van der Waals surface area contributed by atoms with E-state index in [9.17, 15) is 14.7 Å². The molecular weight excluding hydrogens is 256 g/mol. The molecule has 1 saturated heterocycles. The molecule has 2 rings (SSSR count). The van der Waals surface area contributed by atoms with E-state index >= 15 is 0 Å². The van der Waals surface area contributed by atoms with Gasteiger partial charge < -0.3 is 15.3 Å². The molecule has 2 aliphatic rings. The van der Waals surface area contributed by atoms with Gasteiger partial charge in [0.1, 0.15) is 0 Å². The molecule has 2 N–H and O–H groups in total. The number of rotatable bonds is 7. The minimum absolute atomic E-state index is 0.0970. The van der Waals surface area contributed by atoms with Crippen molar-refractivity contribution in [1.82, 2.24) is 10.2 Å². The molecule has 114 valence electrons. The Morgan fingerprint density at radius 2 is 2.15 bits per heavy atom. The number of carbonyl (C=O) groups excluding carboxylic acids is 2. The number of likely N-dealkylation sites (tertiary alicyclic amines) is 1. The molecule has 5 nitrogen and oxygen atoms in total. The Balaban J connectivity index is 1.71. The number of hydrogen-bond acceptors (Lipinski definition) is 3. The quantitative estimate of drug-likeness (QED) is 0.724. The van der Waals surface area contributed by atoms with Crippen molar-refractivity contribution in [1.29, 1.82) is 0 Å². The molecule has 2 atom stereocenters. The summed E-state index contributed by atoms with van der Waals surface area (Å²) in [4.78, 5) is 25.7. The monoisotopic (exact) mass is 282 g/mol. The summed E-state index contributed by atoms with van der Waals surface area (Å²) < 4.78 is 0. The van der Waals surface area contributed by atoms with Crippen LogP contribution in [0.15, 0.2) is 0 Å². The Morgan fingerprint density at radius 3 is 2.75 bits per heavy atom. The van der Waals surface area contributed by atoms with E-state index < -0.39 is 6.10 Å². The van der Waals surface area contributed by atoms with Crippen molar-refractivity contribution in [2.24, 2.45) is 17.8 Å². The summed E-state index contributed by atoms with van der Waals surface area (Å²) in [6.45, 7) is 5.72. The zero-order valence-corrected chi connectivity index (χ0v) is 12.5. The lowest BCUT2D eigenvalue weighted by atomic mass is 10.1. The molecule has 0 radical (unpaired) electrons. The van der Waals surface area contributed by atoms with Gasteiger partial charge in [0.25, 0.3) is 0 Å². The fourth-order valence-electron chi connectivity index (χ4n) is 2.73. The maximum atomic E-state index is 12.0. The molecule has 1 aliphatic heterocycles. The van der Waals surface area contributed by atoms with Crippen LogP contribution in [0.4, 0.5) is 0 Å². The molecule has 2 unspecified atom stereocenters. The standard InChI is InChI=1S/C15H26N2O3/c1-10(2)5-13(18)7-16-15(20)12-6-14(19)17(9-12)8-11-3-4-11/h10-13,18H,3-9H2,1-2H3,(H,16,20). The molecular formula is C15H26N2O3. The van der Waals surface area contributed by atoms with Crippen LogP contribution < -0.4 is 5.32 Å². The normalized spacial score (nSPS) is 24.3. The van der Waals surface area contributed by atoms with Crippen molar-refractivity contribution in [2.45, 2.75) is 45.6 Å². The van der Waals surface area contributed by atoms with Crippen LogP contribution in [0, 0.1) is 17.8 Å². The van der Waals surface area contributed by atoms with Crippen LogP contribution in [0.1, 0.15) is 39.5 Å². The summed E-state index contributed by atoms with van der Waals surface area (Å²) >= 11 is 0. The first-order valence-electron chi connectivity index (χ1n) is 7.69. The lowest BCUT2D eigenvalue weighted by Gasteiger charge is -2.17. The van der Waals surface area contributed by atoms with Crippen LogP contribution in [-0.2, 0) is 9.59 Å². The van der Waals surface area contributed by atoms with Crippen molar-refractivity contribution >= 4 is 11.8 Å². The van der Waals surface area contributed by atoms with Gasteiger partial charge in [0.15, 0.2) is 0 Å². The van der Waals surface area contributed by atoms with Crippen LogP contribution in [0.5, 0.6) is 0 Å². The molecule has 1 heterocycles. The number of aliphatic hydroxyl groups is 1. The minimum atomic E-state index is -0.501. The maximum Gasteiger partial charge on any atom is 0.225 e. The van der Waals surface area contributed by atoms with Gasteiger partial charge in [-0.15, -0.1) is 0 Å². The highest BCUT2D eigenvalue weighted by molar-refractivity contribution is 5.89. The third kappa shape index (κ3) is 4.47. The molecule has 5 heteroatoms. The molecule has 0 aromatic rings. The molecule has 0 bridgehead atoms. The second-order valence-corrected chi connectivity index (χ2v) is 6.67. The van der Waals surface area contributed by atoms with Crippen LogP contribution in [0.25, 0.3) is 0 Å². The first-order chi connectivity index (χ1) is 9.45. The average molecular weight is 282 g/mol. The van der Waals surface area contributed by atoms with Gasteiger partial charge in [0, 0.05) is 26.1 Å². The molecule has 0 spiro atoms. The Morgan fingerprint density at radius 1 is 1.45 bits per heavy atom. The van der Waals surface area contributed by atoms with Gasteiger partial charge in [-0.05, 0) is 31.1 Å². The van der Waals surface area contributed by atoms with E-state index in [1.807, 2.05) is 18.7 Å². The number of nitrogens with one attached hydrogen (secondary N) is 1. The van der Waals surface area contributed by atoms with Crippen LogP contribution in [0.3, 0.4) is 0 Å². The largest absolute Gasteiger partial charge is 0.391 e. The Kier molecular flexibility index (Phi) is 5.02. The highest BCUT2D eigenvalue weighted by atomic mass is 16.3. The zero-order chi connectivity index (χ0) is 14.7. The summed E-state index contributed by atoms with van der Waals surface area (Å²) in [6, 6.07) is 0. The van der Waals surface area contributed by atoms with Crippen LogP contribution in [-0.4, -0.2) is 47.6 Å². The SMILES string of the molecule is CC(C)CC(O)CNC(=O)C1CC(=O)N(CC2CC2)C1. The Labute approximate surface area is 120 Å². The predicted molar refractivity (Wildman–Crippen MR) is 75.9 cm³/mol. The van der Waals surface area contributed by atoms with E-state index in [0.717, 1.165) is 6.54 Å². The average Bonchev–Trinajstić information content (AvgIpc) is 3.09. The van der Waals surface area contributed by atoms with Crippen molar-refractivity contribution in [3.8, 4) is 0 Å². The number of carbonyl (C=O) groups is 2.